The van der Waals surface area contributed by atoms with Gasteiger partial charge in [0.2, 0.25) is 0 Å². The molecular weight excluding hydrogens is 259 g/mol. The Balaban J connectivity index is 2.81. The van der Waals surface area contributed by atoms with Crippen molar-refractivity contribution in [1.29, 1.82) is 0 Å². The van der Waals surface area contributed by atoms with E-state index in [0.717, 1.165) is 12.8 Å². The molecule has 2 N–H and O–H groups in total. The molecule has 1 aromatic rings. The molecule has 1 aromatic carbocycles. The van der Waals surface area contributed by atoms with Crippen molar-refractivity contribution < 1.29 is 4.39 Å². The van der Waals surface area contributed by atoms with Gasteiger partial charge in [-0.1, -0.05) is 29.3 Å². The summed E-state index contributed by atoms with van der Waals surface area (Å²) < 4.78 is 14.1. The number of halogens is 2. The van der Waals surface area contributed by atoms with Crippen LogP contribution in [-0.2, 0) is 0 Å². The highest BCUT2D eigenvalue weighted by Crippen LogP contribution is 2.15. The molecule has 1 rings (SSSR count). The molecule has 0 heterocycles. The fourth-order valence-electron chi connectivity index (χ4n) is 1.14. The van der Waals surface area contributed by atoms with Gasteiger partial charge in [-0.3, -0.25) is 4.99 Å². The van der Waals surface area contributed by atoms with E-state index in [9.17, 15) is 4.39 Å². The fraction of sp³-hybridized carbons (Fsp3) is 0.364. The Labute approximate surface area is 97.5 Å². The lowest BCUT2D eigenvalue weighted by Gasteiger charge is -2.03. The molecular formula is C11H14BrFN2. The van der Waals surface area contributed by atoms with Crippen LogP contribution in [0.4, 0.5) is 4.39 Å². The number of rotatable bonds is 4. The third kappa shape index (κ3) is 3.63. The van der Waals surface area contributed by atoms with E-state index in [1.54, 1.807) is 12.1 Å². The first-order chi connectivity index (χ1) is 7.15. The predicted molar refractivity (Wildman–Crippen MR) is 64.6 cm³/mol. The fourth-order valence-corrected chi connectivity index (χ4v) is 1.47. The monoisotopic (exact) mass is 272 g/mol. The standard InChI is InChI=1S/C11H14BrFN2/c1-2-3-6-15-11(14)9-5-4-8(12)7-10(9)13/h4-5,7H,2-3,6H2,1H3,(H2,14,15). The van der Waals surface area contributed by atoms with Gasteiger partial charge < -0.3 is 5.73 Å². The van der Waals surface area contributed by atoms with Crippen molar-refractivity contribution in [3.05, 3.63) is 34.1 Å². The number of unbranched alkanes of at least 4 members (excludes halogenated alkanes) is 1. The van der Waals surface area contributed by atoms with Crippen molar-refractivity contribution >= 4 is 21.8 Å². The first kappa shape index (κ1) is 12.2. The van der Waals surface area contributed by atoms with Gasteiger partial charge in [-0.05, 0) is 24.6 Å². The Morgan fingerprint density at radius 1 is 1.53 bits per heavy atom. The molecule has 15 heavy (non-hydrogen) atoms. The number of nitrogens with zero attached hydrogens (tertiary/aromatic N) is 1. The molecule has 0 amide bonds. The molecule has 4 heteroatoms. The Hall–Kier alpha value is -0.900. The summed E-state index contributed by atoms with van der Waals surface area (Å²) in [6.07, 6.45) is 2.03. The largest absolute Gasteiger partial charge is 0.383 e. The summed E-state index contributed by atoms with van der Waals surface area (Å²) in [6.45, 7) is 2.73. The number of nitrogens with two attached hydrogens (primary N) is 1. The maximum absolute atomic E-state index is 13.4. The van der Waals surface area contributed by atoms with E-state index in [2.05, 4.69) is 27.8 Å². The van der Waals surface area contributed by atoms with Gasteiger partial charge >= 0.3 is 0 Å². The topological polar surface area (TPSA) is 38.4 Å². The maximum atomic E-state index is 13.4. The molecule has 0 fully saturated rings. The molecule has 0 radical (unpaired) electrons. The van der Waals surface area contributed by atoms with Gasteiger partial charge in [-0.15, -0.1) is 0 Å². The van der Waals surface area contributed by atoms with Crippen molar-refractivity contribution in [2.75, 3.05) is 6.54 Å². The molecule has 0 atom stereocenters. The summed E-state index contributed by atoms with van der Waals surface area (Å²) in [4.78, 5) is 4.11. The molecule has 0 bridgehead atoms. The predicted octanol–water partition coefficient (Wildman–Crippen LogP) is 3.09. The summed E-state index contributed by atoms with van der Waals surface area (Å²) in [5.41, 5.74) is 6.05. The van der Waals surface area contributed by atoms with Crippen LogP contribution < -0.4 is 5.73 Å². The van der Waals surface area contributed by atoms with Gasteiger partial charge in [0.25, 0.3) is 0 Å². The highest BCUT2D eigenvalue weighted by atomic mass is 79.9. The Morgan fingerprint density at radius 2 is 2.27 bits per heavy atom. The van der Waals surface area contributed by atoms with Gasteiger partial charge in [-0.2, -0.15) is 0 Å². The number of hydrogen-bond acceptors (Lipinski definition) is 1. The second-order valence-corrected chi connectivity index (χ2v) is 4.16. The van der Waals surface area contributed by atoms with Crippen molar-refractivity contribution in [3.8, 4) is 0 Å². The zero-order chi connectivity index (χ0) is 11.3. The number of benzene rings is 1. The lowest BCUT2D eigenvalue weighted by Crippen LogP contribution is -2.15. The Kier molecular flexibility index (Phi) is 4.75. The molecule has 2 nitrogen and oxygen atoms in total. The van der Waals surface area contributed by atoms with Gasteiger partial charge in [0.05, 0.1) is 5.56 Å². The lowest BCUT2D eigenvalue weighted by molar-refractivity contribution is 0.624. The van der Waals surface area contributed by atoms with Crippen LogP contribution >= 0.6 is 15.9 Å². The zero-order valence-corrected chi connectivity index (χ0v) is 10.2. The van der Waals surface area contributed by atoms with Crippen LogP contribution in [0.1, 0.15) is 25.3 Å². The second kappa shape index (κ2) is 5.85. The Morgan fingerprint density at radius 3 is 2.87 bits per heavy atom. The molecule has 0 aliphatic rings. The quantitative estimate of drug-likeness (QED) is 0.511. The number of amidine groups is 1. The minimum absolute atomic E-state index is 0.272. The molecule has 0 aliphatic carbocycles. The smallest absolute Gasteiger partial charge is 0.135 e. The van der Waals surface area contributed by atoms with Crippen molar-refractivity contribution in [2.45, 2.75) is 19.8 Å². The van der Waals surface area contributed by atoms with Crippen LogP contribution in [0.5, 0.6) is 0 Å². The van der Waals surface area contributed by atoms with Crippen LogP contribution in [0.25, 0.3) is 0 Å². The summed E-state index contributed by atoms with van der Waals surface area (Å²) in [5, 5.41) is 0. The van der Waals surface area contributed by atoms with E-state index >= 15 is 0 Å². The van der Waals surface area contributed by atoms with E-state index < -0.39 is 0 Å². The summed E-state index contributed by atoms with van der Waals surface area (Å²) in [6, 6.07) is 4.77. The van der Waals surface area contributed by atoms with Crippen molar-refractivity contribution in [2.24, 2.45) is 10.7 Å². The van der Waals surface area contributed by atoms with Gasteiger partial charge in [0.15, 0.2) is 0 Å². The van der Waals surface area contributed by atoms with Crippen LogP contribution in [0.15, 0.2) is 27.7 Å². The SMILES string of the molecule is CCCCN=C(N)c1ccc(Br)cc1F. The van der Waals surface area contributed by atoms with Gasteiger partial charge in [0, 0.05) is 11.0 Å². The summed E-state index contributed by atoms with van der Waals surface area (Å²) >= 11 is 3.19. The number of hydrogen-bond donors (Lipinski definition) is 1. The first-order valence-corrected chi connectivity index (χ1v) is 5.69. The second-order valence-electron chi connectivity index (χ2n) is 3.24. The molecule has 0 spiro atoms. The third-order valence-corrected chi connectivity index (χ3v) is 2.49. The van der Waals surface area contributed by atoms with E-state index in [0.29, 0.717) is 16.6 Å². The lowest BCUT2D eigenvalue weighted by atomic mass is 10.2. The normalized spacial score (nSPS) is 11.8. The third-order valence-electron chi connectivity index (χ3n) is 2.00. The molecule has 0 unspecified atom stereocenters. The number of aliphatic imine (C=N–C) groups is 1. The first-order valence-electron chi connectivity index (χ1n) is 4.90. The van der Waals surface area contributed by atoms with Crippen LogP contribution in [0.3, 0.4) is 0 Å². The molecule has 0 saturated carbocycles. The average molecular weight is 273 g/mol. The van der Waals surface area contributed by atoms with E-state index in [4.69, 9.17) is 5.73 Å². The van der Waals surface area contributed by atoms with Crippen LogP contribution in [0, 0.1) is 5.82 Å². The maximum Gasteiger partial charge on any atom is 0.135 e. The minimum Gasteiger partial charge on any atom is -0.383 e. The van der Waals surface area contributed by atoms with Gasteiger partial charge in [-0.25, -0.2) is 4.39 Å². The average Bonchev–Trinajstić information content (AvgIpc) is 2.17. The molecule has 0 saturated heterocycles. The highest BCUT2D eigenvalue weighted by molar-refractivity contribution is 9.10. The molecule has 0 aromatic heterocycles. The van der Waals surface area contributed by atoms with Crippen molar-refractivity contribution in [3.63, 3.8) is 0 Å². The van der Waals surface area contributed by atoms with Crippen molar-refractivity contribution in [1.82, 2.24) is 0 Å². The summed E-state index contributed by atoms with van der Waals surface area (Å²) in [7, 11) is 0. The minimum atomic E-state index is -0.345. The summed E-state index contributed by atoms with van der Waals surface area (Å²) in [5.74, 6) is -0.0735. The van der Waals surface area contributed by atoms with E-state index in [1.807, 2.05) is 0 Å². The van der Waals surface area contributed by atoms with E-state index in [-0.39, 0.29) is 11.7 Å². The molecule has 0 aliphatic heterocycles. The van der Waals surface area contributed by atoms with Crippen LogP contribution in [0.2, 0.25) is 0 Å². The van der Waals surface area contributed by atoms with Crippen LogP contribution in [-0.4, -0.2) is 12.4 Å². The Bertz CT molecular complexity index is 364. The zero-order valence-electron chi connectivity index (χ0n) is 8.63. The van der Waals surface area contributed by atoms with E-state index in [1.165, 1.54) is 6.07 Å². The highest BCUT2D eigenvalue weighted by Gasteiger charge is 2.05. The molecule has 82 valence electrons. The van der Waals surface area contributed by atoms with Gasteiger partial charge in [0.1, 0.15) is 11.7 Å².